The molecule has 0 rings (SSSR count). The van der Waals surface area contributed by atoms with Crippen molar-refractivity contribution in [3.63, 3.8) is 0 Å². The van der Waals surface area contributed by atoms with Gasteiger partial charge in [-0.15, -0.1) is 6.42 Å². The van der Waals surface area contributed by atoms with Gasteiger partial charge in [-0.2, -0.15) is 0 Å². The number of thiocarbonyl (C=S) groups is 1. The Morgan fingerprint density at radius 1 is 1.73 bits per heavy atom. The summed E-state index contributed by atoms with van der Waals surface area (Å²) in [5.41, 5.74) is 0. The third-order valence-electron chi connectivity index (χ3n) is 1.31. The van der Waals surface area contributed by atoms with Crippen LogP contribution in [-0.2, 0) is 0 Å². The second-order valence-electron chi connectivity index (χ2n) is 2.23. The Labute approximate surface area is 73.8 Å². The van der Waals surface area contributed by atoms with Crippen molar-refractivity contribution in [2.45, 2.75) is 25.8 Å². The molecule has 0 aliphatic rings. The maximum Gasteiger partial charge on any atom is 0.167 e. The van der Waals surface area contributed by atoms with Crippen LogP contribution in [0.4, 0.5) is 0 Å². The van der Waals surface area contributed by atoms with Gasteiger partial charge in [0, 0.05) is 7.05 Å². The number of hydrogen-bond acceptors (Lipinski definition) is 1. The Kier molecular flexibility index (Phi) is 5.58. The molecular formula is C8H14N2S. The monoisotopic (exact) mass is 170 g/mol. The summed E-state index contributed by atoms with van der Waals surface area (Å²) in [5, 5.41) is 6.43. The van der Waals surface area contributed by atoms with Crippen LogP contribution in [0.5, 0.6) is 0 Å². The van der Waals surface area contributed by atoms with E-state index in [2.05, 4.69) is 23.5 Å². The van der Waals surface area contributed by atoms with Crippen molar-refractivity contribution in [1.29, 1.82) is 0 Å². The summed E-state index contributed by atoms with van der Waals surface area (Å²) in [6.07, 6.45) is 7.28. The van der Waals surface area contributed by atoms with Crippen LogP contribution in [0.2, 0.25) is 0 Å². The minimum absolute atomic E-state index is 0.0694. The van der Waals surface area contributed by atoms with Crippen molar-refractivity contribution < 1.29 is 0 Å². The van der Waals surface area contributed by atoms with Gasteiger partial charge in [0.2, 0.25) is 0 Å². The summed E-state index contributed by atoms with van der Waals surface area (Å²) < 4.78 is 0. The molecule has 11 heavy (non-hydrogen) atoms. The van der Waals surface area contributed by atoms with E-state index < -0.39 is 0 Å². The molecule has 62 valence electrons. The van der Waals surface area contributed by atoms with E-state index in [0.29, 0.717) is 5.11 Å². The van der Waals surface area contributed by atoms with E-state index >= 15 is 0 Å². The van der Waals surface area contributed by atoms with Crippen LogP contribution >= 0.6 is 12.2 Å². The summed E-state index contributed by atoms with van der Waals surface area (Å²) >= 11 is 4.89. The first-order valence-corrected chi connectivity index (χ1v) is 4.09. The van der Waals surface area contributed by atoms with Gasteiger partial charge in [0.25, 0.3) is 0 Å². The third-order valence-corrected chi connectivity index (χ3v) is 1.63. The Morgan fingerprint density at radius 2 is 2.36 bits per heavy atom. The molecule has 0 fully saturated rings. The molecule has 1 unspecified atom stereocenters. The first kappa shape index (κ1) is 10.2. The van der Waals surface area contributed by atoms with Crippen molar-refractivity contribution in [1.82, 2.24) is 10.6 Å². The zero-order valence-corrected chi connectivity index (χ0v) is 7.79. The molecule has 1 atom stereocenters. The SMILES string of the molecule is C#CC(CCC)NC(=S)NC. The predicted octanol–water partition coefficient (Wildman–Crippen LogP) is 0.882. The standard InChI is InChI=1S/C8H14N2S/c1-4-6-7(5-2)10-8(11)9-3/h2,7H,4,6H2,1,3H3,(H2,9,10,11). The average Bonchev–Trinajstić information content (AvgIpc) is 2.03. The average molecular weight is 170 g/mol. The molecule has 0 amide bonds. The predicted molar refractivity (Wildman–Crippen MR) is 52.3 cm³/mol. The van der Waals surface area contributed by atoms with E-state index in [9.17, 15) is 0 Å². The molecule has 0 radical (unpaired) electrons. The lowest BCUT2D eigenvalue weighted by atomic mass is 10.2. The van der Waals surface area contributed by atoms with Gasteiger partial charge in [-0.05, 0) is 18.6 Å². The highest BCUT2D eigenvalue weighted by molar-refractivity contribution is 7.80. The van der Waals surface area contributed by atoms with E-state index in [1.54, 1.807) is 7.05 Å². The van der Waals surface area contributed by atoms with Crippen molar-refractivity contribution in [3.8, 4) is 12.3 Å². The fourth-order valence-electron chi connectivity index (χ4n) is 0.716. The zero-order chi connectivity index (χ0) is 8.69. The second-order valence-corrected chi connectivity index (χ2v) is 2.64. The molecule has 0 aliphatic heterocycles. The summed E-state index contributed by atoms with van der Waals surface area (Å²) in [6.45, 7) is 2.09. The highest BCUT2D eigenvalue weighted by Crippen LogP contribution is 1.93. The second kappa shape index (κ2) is 5.99. The first-order valence-electron chi connectivity index (χ1n) is 3.69. The maximum atomic E-state index is 5.26. The van der Waals surface area contributed by atoms with Crippen LogP contribution in [0.25, 0.3) is 0 Å². The van der Waals surface area contributed by atoms with Crippen molar-refractivity contribution in [2.24, 2.45) is 0 Å². The van der Waals surface area contributed by atoms with Gasteiger partial charge < -0.3 is 10.6 Å². The van der Waals surface area contributed by atoms with Gasteiger partial charge in [0.05, 0.1) is 6.04 Å². The van der Waals surface area contributed by atoms with Crippen LogP contribution in [0.3, 0.4) is 0 Å². The number of nitrogens with one attached hydrogen (secondary N) is 2. The molecule has 0 saturated carbocycles. The van der Waals surface area contributed by atoms with Gasteiger partial charge in [-0.3, -0.25) is 0 Å². The number of terminal acetylenes is 1. The van der Waals surface area contributed by atoms with Crippen molar-refractivity contribution >= 4 is 17.3 Å². The maximum absolute atomic E-state index is 5.26. The quantitative estimate of drug-likeness (QED) is 0.486. The third kappa shape index (κ3) is 4.63. The Hall–Kier alpha value is -0.750. The van der Waals surface area contributed by atoms with E-state index in [1.165, 1.54) is 0 Å². The number of rotatable bonds is 3. The lowest BCUT2D eigenvalue weighted by Crippen LogP contribution is -2.39. The van der Waals surface area contributed by atoms with E-state index in [4.69, 9.17) is 18.6 Å². The molecule has 2 N–H and O–H groups in total. The molecule has 3 heteroatoms. The smallest absolute Gasteiger partial charge is 0.167 e. The lowest BCUT2D eigenvalue weighted by molar-refractivity contribution is 0.659. The first-order chi connectivity index (χ1) is 5.24. The largest absolute Gasteiger partial charge is 0.366 e. The van der Waals surface area contributed by atoms with Gasteiger partial charge in [-0.25, -0.2) is 0 Å². The fourth-order valence-corrected chi connectivity index (χ4v) is 0.859. The van der Waals surface area contributed by atoms with Gasteiger partial charge in [0.15, 0.2) is 5.11 Å². The molecule has 0 aliphatic carbocycles. The Bertz CT molecular complexity index is 160. The summed E-state index contributed by atoms with van der Waals surface area (Å²) in [6, 6.07) is 0.0694. The van der Waals surface area contributed by atoms with Crippen LogP contribution in [-0.4, -0.2) is 18.2 Å². The zero-order valence-electron chi connectivity index (χ0n) is 6.98. The van der Waals surface area contributed by atoms with Gasteiger partial charge >= 0.3 is 0 Å². The van der Waals surface area contributed by atoms with E-state index in [0.717, 1.165) is 12.8 Å². The topological polar surface area (TPSA) is 24.1 Å². The van der Waals surface area contributed by atoms with Crippen molar-refractivity contribution in [3.05, 3.63) is 0 Å². The number of hydrogen-bond donors (Lipinski definition) is 2. The molecule has 0 bridgehead atoms. The minimum Gasteiger partial charge on any atom is -0.366 e. The van der Waals surface area contributed by atoms with Crippen LogP contribution in [0, 0.1) is 12.3 Å². The molecule has 0 aromatic carbocycles. The Morgan fingerprint density at radius 3 is 2.73 bits per heavy atom. The summed E-state index contributed by atoms with van der Waals surface area (Å²) in [4.78, 5) is 0. The van der Waals surface area contributed by atoms with Crippen LogP contribution in [0.15, 0.2) is 0 Å². The molecule has 0 spiro atoms. The minimum atomic E-state index is 0.0694. The van der Waals surface area contributed by atoms with Gasteiger partial charge in [0.1, 0.15) is 0 Å². The van der Waals surface area contributed by atoms with Crippen LogP contribution in [0.1, 0.15) is 19.8 Å². The molecular weight excluding hydrogens is 156 g/mol. The molecule has 0 aromatic rings. The Balaban J connectivity index is 3.70. The highest BCUT2D eigenvalue weighted by atomic mass is 32.1. The summed E-state index contributed by atoms with van der Waals surface area (Å²) in [5.74, 6) is 2.63. The van der Waals surface area contributed by atoms with E-state index in [-0.39, 0.29) is 6.04 Å². The van der Waals surface area contributed by atoms with Crippen molar-refractivity contribution in [2.75, 3.05) is 7.05 Å². The fraction of sp³-hybridized carbons (Fsp3) is 0.625. The molecule has 0 saturated heterocycles. The molecule has 2 nitrogen and oxygen atoms in total. The molecule has 0 aromatic heterocycles. The lowest BCUT2D eigenvalue weighted by Gasteiger charge is -2.13. The normalized spacial score (nSPS) is 11.4. The summed E-state index contributed by atoms with van der Waals surface area (Å²) in [7, 11) is 1.77. The highest BCUT2D eigenvalue weighted by Gasteiger charge is 2.02. The van der Waals surface area contributed by atoms with Gasteiger partial charge in [-0.1, -0.05) is 19.3 Å². The van der Waals surface area contributed by atoms with Crippen LogP contribution < -0.4 is 10.6 Å². The molecule has 0 heterocycles. The van der Waals surface area contributed by atoms with E-state index in [1.807, 2.05) is 0 Å².